The molecule has 1 N–H and O–H groups in total. The minimum Gasteiger partial charge on any atom is -0.351 e. The average Bonchev–Trinajstić information content (AvgIpc) is 2.78. The summed E-state index contributed by atoms with van der Waals surface area (Å²) < 4.78 is 1.85. The molecular formula is C24H27N3O2S. The number of aryl methyl sites for hydroxylation is 1. The van der Waals surface area contributed by atoms with E-state index in [1.54, 1.807) is 0 Å². The van der Waals surface area contributed by atoms with E-state index in [1.807, 2.05) is 60.0 Å². The smallest absolute Gasteiger partial charge is 0.262 e. The van der Waals surface area contributed by atoms with E-state index in [0.29, 0.717) is 22.6 Å². The number of para-hydroxylation sites is 1. The molecule has 0 radical (unpaired) electrons. The summed E-state index contributed by atoms with van der Waals surface area (Å²) in [5, 5.41) is 4.26. The number of nitrogens with zero attached hydrogens (tertiary/aromatic N) is 2. The van der Waals surface area contributed by atoms with Crippen LogP contribution in [0.3, 0.4) is 0 Å². The normalized spacial score (nSPS) is 14.7. The Morgan fingerprint density at radius 2 is 1.83 bits per heavy atom. The number of benzene rings is 2. The van der Waals surface area contributed by atoms with E-state index in [4.69, 9.17) is 4.98 Å². The summed E-state index contributed by atoms with van der Waals surface area (Å²) >= 11 is 1.36. The maximum absolute atomic E-state index is 13.2. The molecule has 0 unspecified atom stereocenters. The molecule has 1 saturated carbocycles. The number of hydrogen-bond donors (Lipinski definition) is 1. The first-order valence-corrected chi connectivity index (χ1v) is 11.6. The highest BCUT2D eigenvalue weighted by molar-refractivity contribution is 7.99. The SMILES string of the molecule is Cc1ccc(CNC(=O)CSc2nc3ccccc3c(=O)n2C2CCCCC2)cc1. The van der Waals surface area contributed by atoms with Crippen molar-refractivity contribution in [1.82, 2.24) is 14.9 Å². The number of carbonyl (C=O) groups excluding carboxylic acids is 1. The third kappa shape index (κ3) is 4.75. The number of aromatic nitrogens is 2. The first-order chi connectivity index (χ1) is 14.6. The van der Waals surface area contributed by atoms with Crippen LogP contribution in [0.1, 0.15) is 49.3 Å². The summed E-state index contributed by atoms with van der Waals surface area (Å²) in [6.45, 7) is 2.54. The van der Waals surface area contributed by atoms with Crippen LogP contribution in [0, 0.1) is 6.92 Å². The predicted molar refractivity (Wildman–Crippen MR) is 122 cm³/mol. The van der Waals surface area contributed by atoms with Gasteiger partial charge in [-0.3, -0.25) is 14.2 Å². The van der Waals surface area contributed by atoms with Gasteiger partial charge in [0.25, 0.3) is 5.56 Å². The number of amides is 1. The molecule has 0 atom stereocenters. The van der Waals surface area contributed by atoms with Crippen molar-refractivity contribution in [2.24, 2.45) is 0 Å². The number of nitrogens with one attached hydrogen (secondary N) is 1. The summed E-state index contributed by atoms with van der Waals surface area (Å²) in [4.78, 5) is 30.4. The number of rotatable bonds is 6. The quantitative estimate of drug-likeness (QED) is 0.466. The molecule has 1 aliphatic rings. The zero-order valence-corrected chi connectivity index (χ0v) is 18.1. The molecule has 0 bridgehead atoms. The summed E-state index contributed by atoms with van der Waals surface area (Å²) in [7, 11) is 0. The van der Waals surface area contributed by atoms with Gasteiger partial charge in [0.05, 0.1) is 16.7 Å². The van der Waals surface area contributed by atoms with E-state index in [-0.39, 0.29) is 23.3 Å². The molecule has 30 heavy (non-hydrogen) atoms. The van der Waals surface area contributed by atoms with Crippen LogP contribution >= 0.6 is 11.8 Å². The van der Waals surface area contributed by atoms with Crippen LogP contribution in [0.2, 0.25) is 0 Å². The van der Waals surface area contributed by atoms with Gasteiger partial charge in [0.1, 0.15) is 0 Å². The van der Waals surface area contributed by atoms with E-state index in [0.717, 1.165) is 31.2 Å². The highest BCUT2D eigenvalue weighted by Gasteiger charge is 2.22. The van der Waals surface area contributed by atoms with Crippen LogP contribution in [0.5, 0.6) is 0 Å². The Balaban J connectivity index is 1.51. The molecule has 4 rings (SSSR count). The van der Waals surface area contributed by atoms with Crippen LogP contribution in [0.25, 0.3) is 10.9 Å². The first-order valence-electron chi connectivity index (χ1n) is 10.6. The van der Waals surface area contributed by atoms with Crippen LogP contribution in [-0.4, -0.2) is 21.2 Å². The third-order valence-corrected chi connectivity index (χ3v) is 6.61. The summed E-state index contributed by atoms with van der Waals surface area (Å²) in [5.41, 5.74) is 2.97. The Hall–Kier alpha value is -2.60. The van der Waals surface area contributed by atoms with Crippen LogP contribution in [0.15, 0.2) is 58.5 Å². The average molecular weight is 422 g/mol. The number of carbonyl (C=O) groups is 1. The fourth-order valence-electron chi connectivity index (χ4n) is 3.98. The highest BCUT2D eigenvalue weighted by Crippen LogP contribution is 2.31. The lowest BCUT2D eigenvalue weighted by Gasteiger charge is -2.26. The van der Waals surface area contributed by atoms with Gasteiger partial charge in [0, 0.05) is 12.6 Å². The lowest BCUT2D eigenvalue weighted by atomic mass is 9.95. The summed E-state index contributed by atoms with van der Waals surface area (Å²) in [6, 6.07) is 15.8. The minimum absolute atomic E-state index is 0.00932. The fourth-order valence-corrected chi connectivity index (χ4v) is 4.87. The third-order valence-electron chi connectivity index (χ3n) is 5.66. The second-order valence-corrected chi connectivity index (χ2v) is 8.87. The maximum Gasteiger partial charge on any atom is 0.262 e. The number of hydrogen-bond acceptors (Lipinski definition) is 4. The first kappa shape index (κ1) is 20.7. The Morgan fingerprint density at radius 1 is 1.10 bits per heavy atom. The molecule has 1 fully saturated rings. The van der Waals surface area contributed by atoms with Gasteiger partial charge in [0.15, 0.2) is 5.16 Å². The van der Waals surface area contributed by atoms with E-state index in [9.17, 15) is 9.59 Å². The molecular weight excluding hydrogens is 394 g/mol. The maximum atomic E-state index is 13.2. The highest BCUT2D eigenvalue weighted by atomic mass is 32.2. The van der Waals surface area contributed by atoms with Crippen LogP contribution < -0.4 is 10.9 Å². The number of thioether (sulfide) groups is 1. The van der Waals surface area contributed by atoms with E-state index < -0.39 is 0 Å². The van der Waals surface area contributed by atoms with E-state index in [2.05, 4.69) is 5.32 Å². The molecule has 3 aromatic rings. The van der Waals surface area contributed by atoms with Crippen molar-refractivity contribution in [2.45, 2.75) is 56.8 Å². The second-order valence-electron chi connectivity index (χ2n) is 7.93. The molecule has 1 aromatic heterocycles. The van der Waals surface area contributed by atoms with Crippen molar-refractivity contribution in [3.05, 3.63) is 70.0 Å². The largest absolute Gasteiger partial charge is 0.351 e. The topological polar surface area (TPSA) is 64.0 Å². The van der Waals surface area contributed by atoms with Crippen molar-refractivity contribution in [3.8, 4) is 0 Å². The zero-order chi connectivity index (χ0) is 20.9. The predicted octanol–water partition coefficient (Wildman–Crippen LogP) is 4.62. The molecule has 0 aliphatic heterocycles. The van der Waals surface area contributed by atoms with Crippen molar-refractivity contribution >= 4 is 28.6 Å². The standard InChI is InChI=1S/C24H27N3O2S/c1-17-11-13-18(14-12-17)15-25-22(28)16-30-24-26-21-10-6-5-9-20(21)23(29)27(24)19-7-3-2-4-8-19/h5-6,9-14,19H,2-4,7-8,15-16H2,1H3,(H,25,28). The van der Waals surface area contributed by atoms with E-state index in [1.165, 1.54) is 23.7 Å². The summed E-state index contributed by atoms with van der Waals surface area (Å²) in [5.74, 6) is 0.182. The van der Waals surface area contributed by atoms with Crippen molar-refractivity contribution in [1.29, 1.82) is 0 Å². The Morgan fingerprint density at radius 3 is 2.60 bits per heavy atom. The molecule has 6 heteroatoms. The molecule has 0 spiro atoms. The van der Waals surface area contributed by atoms with Gasteiger partial charge >= 0.3 is 0 Å². The lowest BCUT2D eigenvalue weighted by molar-refractivity contribution is -0.118. The van der Waals surface area contributed by atoms with Crippen molar-refractivity contribution in [2.75, 3.05) is 5.75 Å². The summed E-state index contributed by atoms with van der Waals surface area (Å²) in [6.07, 6.45) is 5.46. The van der Waals surface area contributed by atoms with E-state index >= 15 is 0 Å². The van der Waals surface area contributed by atoms with Gasteiger partial charge in [-0.15, -0.1) is 0 Å². The minimum atomic E-state index is -0.0572. The fraction of sp³-hybridized carbons (Fsp3) is 0.375. The van der Waals surface area contributed by atoms with Crippen LogP contribution in [-0.2, 0) is 11.3 Å². The lowest BCUT2D eigenvalue weighted by Crippen LogP contribution is -2.30. The van der Waals surface area contributed by atoms with Gasteiger partial charge in [-0.1, -0.05) is 73.0 Å². The Labute approximate surface area is 180 Å². The molecule has 0 saturated heterocycles. The van der Waals surface area contributed by atoms with Gasteiger partial charge in [-0.2, -0.15) is 0 Å². The molecule has 1 heterocycles. The van der Waals surface area contributed by atoms with Gasteiger partial charge in [-0.25, -0.2) is 4.98 Å². The molecule has 2 aromatic carbocycles. The molecule has 1 aliphatic carbocycles. The van der Waals surface area contributed by atoms with Crippen LogP contribution in [0.4, 0.5) is 0 Å². The van der Waals surface area contributed by atoms with Gasteiger partial charge < -0.3 is 5.32 Å². The van der Waals surface area contributed by atoms with Crippen molar-refractivity contribution in [3.63, 3.8) is 0 Å². The molecule has 156 valence electrons. The number of fused-ring (bicyclic) bond motifs is 1. The molecule has 5 nitrogen and oxygen atoms in total. The second kappa shape index (κ2) is 9.47. The Bertz CT molecular complexity index is 1090. The Kier molecular flexibility index (Phi) is 6.53. The van der Waals surface area contributed by atoms with Crippen molar-refractivity contribution < 1.29 is 4.79 Å². The van der Waals surface area contributed by atoms with Gasteiger partial charge in [-0.05, 0) is 37.5 Å². The zero-order valence-electron chi connectivity index (χ0n) is 17.3. The monoisotopic (exact) mass is 421 g/mol. The molecule has 1 amide bonds. The van der Waals surface area contributed by atoms with Gasteiger partial charge in [0.2, 0.25) is 5.91 Å².